The Morgan fingerprint density at radius 3 is 2.54 bits per heavy atom. The Labute approximate surface area is 171 Å². The Morgan fingerprint density at radius 2 is 1.89 bits per heavy atom. The van der Waals surface area contributed by atoms with Gasteiger partial charge in [-0.2, -0.15) is 0 Å². The van der Waals surface area contributed by atoms with E-state index in [0.717, 1.165) is 37.7 Å². The summed E-state index contributed by atoms with van der Waals surface area (Å²) in [7, 11) is 3.66. The second kappa shape index (κ2) is 10.1. The number of aliphatic imine (C=N–C) groups is 1. The normalized spacial score (nSPS) is 14.9. The van der Waals surface area contributed by atoms with Crippen LogP contribution in [-0.2, 0) is 11.3 Å². The zero-order chi connectivity index (χ0) is 19.8. The Bertz CT molecular complexity index is 754. The standard InChI is InChI=1S/C21H29N5OS/c1-22-21(26-14-12-25(13-15-26)20-9-6-16-28-20)23-11-10-19(27)24(2)17-18-7-4-3-5-8-18/h3-9,16H,10-15,17H2,1-2H3,(H,22,23). The van der Waals surface area contributed by atoms with E-state index in [1.165, 1.54) is 5.00 Å². The largest absolute Gasteiger partial charge is 0.360 e. The molecule has 1 fully saturated rings. The van der Waals surface area contributed by atoms with E-state index in [4.69, 9.17) is 0 Å². The monoisotopic (exact) mass is 399 g/mol. The van der Waals surface area contributed by atoms with Crippen molar-refractivity contribution in [3.63, 3.8) is 0 Å². The molecule has 7 heteroatoms. The van der Waals surface area contributed by atoms with Gasteiger partial charge in [-0.1, -0.05) is 30.3 Å². The van der Waals surface area contributed by atoms with Gasteiger partial charge in [0.1, 0.15) is 0 Å². The van der Waals surface area contributed by atoms with Gasteiger partial charge in [-0.05, 0) is 23.1 Å². The summed E-state index contributed by atoms with van der Waals surface area (Å²) in [6.45, 7) is 5.06. The minimum absolute atomic E-state index is 0.134. The minimum atomic E-state index is 0.134. The van der Waals surface area contributed by atoms with Crippen LogP contribution in [0.5, 0.6) is 0 Å². The maximum Gasteiger partial charge on any atom is 0.224 e. The number of nitrogens with one attached hydrogen (secondary N) is 1. The van der Waals surface area contributed by atoms with Crippen molar-refractivity contribution in [3.05, 3.63) is 53.4 Å². The van der Waals surface area contributed by atoms with Crippen molar-refractivity contribution in [3.8, 4) is 0 Å². The summed E-state index contributed by atoms with van der Waals surface area (Å²) in [5.74, 6) is 1.01. The molecule has 0 spiro atoms. The topological polar surface area (TPSA) is 51.2 Å². The van der Waals surface area contributed by atoms with Gasteiger partial charge in [-0.15, -0.1) is 11.3 Å². The van der Waals surface area contributed by atoms with Crippen molar-refractivity contribution in [2.75, 3.05) is 51.7 Å². The molecule has 0 atom stereocenters. The second-order valence-corrected chi connectivity index (χ2v) is 7.81. The number of guanidine groups is 1. The summed E-state index contributed by atoms with van der Waals surface area (Å²) < 4.78 is 0. The lowest BCUT2D eigenvalue weighted by molar-refractivity contribution is -0.130. The number of carbonyl (C=O) groups is 1. The summed E-state index contributed by atoms with van der Waals surface area (Å²) >= 11 is 1.78. The maximum atomic E-state index is 12.4. The fourth-order valence-electron chi connectivity index (χ4n) is 3.34. The Balaban J connectivity index is 1.40. The first-order valence-corrected chi connectivity index (χ1v) is 10.6. The van der Waals surface area contributed by atoms with Gasteiger partial charge >= 0.3 is 0 Å². The fourth-order valence-corrected chi connectivity index (χ4v) is 4.12. The second-order valence-electron chi connectivity index (χ2n) is 6.88. The number of nitrogens with zero attached hydrogens (tertiary/aromatic N) is 4. The molecule has 0 bridgehead atoms. The zero-order valence-electron chi connectivity index (χ0n) is 16.7. The van der Waals surface area contributed by atoms with E-state index in [-0.39, 0.29) is 5.91 Å². The molecular formula is C21H29N5OS. The molecule has 2 heterocycles. The van der Waals surface area contributed by atoms with Crippen LogP contribution in [0, 0.1) is 0 Å². The molecule has 1 N–H and O–H groups in total. The Morgan fingerprint density at radius 1 is 1.14 bits per heavy atom. The van der Waals surface area contributed by atoms with E-state index in [0.29, 0.717) is 19.5 Å². The van der Waals surface area contributed by atoms with Crippen LogP contribution in [0.25, 0.3) is 0 Å². The summed E-state index contributed by atoms with van der Waals surface area (Å²) in [6.07, 6.45) is 0.456. The Kier molecular flexibility index (Phi) is 7.31. The highest BCUT2D eigenvalue weighted by molar-refractivity contribution is 7.14. The number of rotatable bonds is 6. The molecule has 1 aliphatic rings. The van der Waals surface area contributed by atoms with Gasteiger partial charge in [0, 0.05) is 59.8 Å². The molecule has 1 aliphatic heterocycles. The van der Waals surface area contributed by atoms with Crippen LogP contribution >= 0.6 is 11.3 Å². The van der Waals surface area contributed by atoms with Crippen molar-refractivity contribution >= 4 is 28.2 Å². The quantitative estimate of drug-likeness (QED) is 0.599. The molecule has 1 aromatic carbocycles. The van der Waals surface area contributed by atoms with E-state index in [9.17, 15) is 4.79 Å². The van der Waals surface area contributed by atoms with Gasteiger partial charge in [0.15, 0.2) is 5.96 Å². The number of piperazine rings is 1. The molecule has 28 heavy (non-hydrogen) atoms. The van der Waals surface area contributed by atoms with E-state index in [1.807, 2.05) is 37.4 Å². The van der Waals surface area contributed by atoms with Gasteiger partial charge in [0.2, 0.25) is 5.91 Å². The highest BCUT2D eigenvalue weighted by Gasteiger charge is 2.20. The molecule has 0 saturated carbocycles. The van der Waals surface area contributed by atoms with Crippen LogP contribution in [0.4, 0.5) is 5.00 Å². The summed E-state index contributed by atoms with van der Waals surface area (Å²) in [5, 5.41) is 6.80. The first-order valence-electron chi connectivity index (χ1n) is 9.69. The van der Waals surface area contributed by atoms with Crippen LogP contribution in [0.3, 0.4) is 0 Å². The highest BCUT2D eigenvalue weighted by Crippen LogP contribution is 2.22. The molecule has 6 nitrogen and oxygen atoms in total. The summed E-state index contributed by atoms with van der Waals surface area (Å²) in [5.41, 5.74) is 1.14. The van der Waals surface area contributed by atoms with Gasteiger partial charge < -0.3 is 20.0 Å². The lowest BCUT2D eigenvalue weighted by atomic mass is 10.2. The van der Waals surface area contributed by atoms with Gasteiger partial charge in [-0.25, -0.2) is 0 Å². The van der Waals surface area contributed by atoms with Crippen LogP contribution in [0.1, 0.15) is 12.0 Å². The highest BCUT2D eigenvalue weighted by atomic mass is 32.1. The number of hydrogen-bond acceptors (Lipinski definition) is 4. The molecule has 150 valence electrons. The lowest BCUT2D eigenvalue weighted by Crippen LogP contribution is -2.52. The number of benzene rings is 1. The molecule has 0 aliphatic carbocycles. The molecule has 1 saturated heterocycles. The summed E-state index contributed by atoms with van der Waals surface area (Å²) in [6, 6.07) is 14.3. The molecule has 2 aromatic rings. The van der Waals surface area contributed by atoms with Crippen molar-refractivity contribution < 1.29 is 4.79 Å². The maximum absolute atomic E-state index is 12.4. The van der Waals surface area contributed by atoms with E-state index < -0.39 is 0 Å². The summed E-state index contributed by atoms with van der Waals surface area (Å²) in [4.78, 5) is 23.3. The third-order valence-corrected chi connectivity index (χ3v) is 5.85. The molecular weight excluding hydrogens is 370 g/mol. The smallest absolute Gasteiger partial charge is 0.224 e. The zero-order valence-corrected chi connectivity index (χ0v) is 17.5. The van der Waals surface area contributed by atoms with Gasteiger partial charge in [0.05, 0.1) is 5.00 Å². The van der Waals surface area contributed by atoms with Crippen LogP contribution in [0.15, 0.2) is 52.8 Å². The minimum Gasteiger partial charge on any atom is -0.360 e. The van der Waals surface area contributed by atoms with Gasteiger partial charge in [-0.3, -0.25) is 9.79 Å². The predicted molar refractivity (Wildman–Crippen MR) is 117 cm³/mol. The first-order chi connectivity index (χ1) is 13.7. The fraction of sp³-hybridized carbons (Fsp3) is 0.429. The van der Waals surface area contributed by atoms with Crippen molar-refractivity contribution in [1.82, 2.24) is 15.1 Å². The molecule has 3 rings (SSSR count). The van der Waals surface area contributed by atoms with Gasteiger partial charge in [0.25, 0.3) is 0 Å². The Hall–Kier alpha value is -2.54. The molecule has 1 amide bonds. The van der Waals surface area contributed by atoms with Crippen molar-refractivity contribution in [1.29, 1.82) is 0 Å². The third kappa shape index (κ3) is 5.48. The van der Waals surface area contributed by atoms with Crippen molar-refractivity contribution in [2.24, 2.45) is 4.99 Å². The van der Waals surface area contributed by atoms with Crippen LogP contribution < -0.4 is 10.2 Å². The molecule has 0 unspecified atom stereocenters. The average molecular weight is 400 g/mol. The van der Waals surface area contributed by atoms with Crippen molar-refractivity contribution in [2.45, 2.75) is 13.0 Å². The average Bonchev–Trinajstić information content (AvgIpc) is 3.27. The SMILES string of the molecule is CN=C(NCCC(=O)N(C)Cc1ccccc1)N1CCN(c2cccs2)CC1. The van der Waals surface area contributed by atoms with E-state index in [1.54, 1.807) is 23.3 Å². The first kappa shape index (κ1) is 20.2. The van der Waals surface area contributed by atoms with E-state index in [2.05, 4.69) is 37.6 Å². The predicted octanol–water partition coefficient (Wildman–Crippen LogP) is 2.49. The molecule has 1 aromatic heterocycles. The lowest BCUT2D eigenvalue weighted by Gasteiger charge is -2.37. The number of carbonyl (C=O) groups excluding carboxylic acids is 1. The molecule has 0 radical (unpaired) electrons. The number of hydrogen-bond donors (Lipinski definition) is 1. The number of thiophene rings is 1. The number of anilines is 1. The van der Waals surface area contributed by atoms with Crippen LogP contribution in [0.2, 0.25) is 0 Å². The number of amides is 1. The van der Waals surface area contributed by atoms with E-state index >= 15 is 0 Å². The van der Waals surface area contributed by atoms with Crippen LogP contribution in [-0.4, -0.2) is 68.5 Å². The third-order valence-electron chi connectivity index (χ3n) is 4.92.